The highest BCUT2D eigenvalue weighted by atomic mass is 127. The van der Waals surface area contributed by atoms with Crippen LogP contribution in [0.2, 0.25) is 0 Å². The largest absolute Gasteiger partial charge is 1.00 e. The fourth-order valence-electron chi connectivity index (χ4n) is 4.93. The van der Waals surface area contributed by atoms with E-state index in [0.717, 1.165) is 6.16 Å². The van der Waals surface area contributed by atoms with Crippen LogP contribution in [-0.2, 0) is 0 Å². The highest BCUT2D eigenvalue weighted by molar-refractivity contribution is 14.1. The number of alkyl halides is 1. The number of halogens is 2. The maximum absolute atomic E-state index is 2.49. The van der Waals surface area contributed by atoms with Crippen molar-refractivity contribution in [3.8, 4) is 0 Å². The van der Waals surface area contributed by atoms with Crippen molar-refractivity contribution in [1.29, 1.82) is 0 Å². The molecule has 0 aliphatic rings. The first-order valence-corrected chi connectivity index (χ1v) is 17.1. The molecule has 0 bridgehead atoms. The summed E-state index contributed by atoms with van der Waals surface area (Å²) in [6.45, 7) is 0. The molecule has 0 aliphatic heterocycles. The summed E-state index contributed by atoms with van der Waals surface area (Å²) in [5, 5.41) is 4.41. The minimum absolute atomic E-state index is 0. The van der Waals surface area contributed by atoms with Gasteiger partial charge in [-0.25, -0.2) is 0 Å². The van der Waals surface area contributed by atoms with Gasteiger partial charge < -0.3 is 12.4 Å². The third-order valence-electron chi connectivity index (χ3n) is 6.89. The Kier molecular flexibility index (Phi) is 16.4. The van der Waals surface area contributed by atoms with Crippen LogP contribution in [0.15, 0.2) is 103 Å². The third kappa shape index (κ3) is 9.96. The Labute approximate surface area is 241 Å². The summed E-state index contributed by atoms with van der Waals surface area (Å²) in [7, 11) is -1.72. The molecule has 0 radical (unpaired) electrons. The second-order valence-corrected chi connectivity index (χ2v) is 14.1. The molecule has 36 heavy (non-hydrogen) atoms. The van der Waals surface area contributed by atoms with E-state index in [4.69, 9.17) is 0 Å². The van der Waals surface area contributed by atoms with E-state index in [9.17, 15) is 0 Å². The Balaban J connectivity index is 0.00000456. The fourth-order valence-corrected chi connectivity index (χ4v) is 9.51. The molecule has 0 spiro atoms. The van der Waals surface area contributed by atoms with Gasteiger partial charge in [0, 0.05) is 0 Å². The van der Waals surface area contributed by atoms with E-state index in [1.165, 1.54) is 91.0 Å². The fraction of sp³-hybridized carbons (Fsp3) is 0.394. The van der Waals surface area contributed by atoms with Crippen LogP contribution < -0.4 is 28.3 Å². The maximum atomic E-state index is 2.49. The Bertz CT molecular complexity index is 847. The quantitative estimate of drug-likeness (QED) is 0.0542. The lowest BCUT2D eigenvalue weighted by Gasteiger charge is -2.26. The Morgan fingerprint density at radius 3 is 1.22 bits per heavy atom. The average Bonchev–Trinajstić information content (AvgIpc) is 2.93. The van der Waals surface area contributed by atoms with Gasteiger partial charge >= 0.3 is 0 Å². The Hall–Kier alpha value is -1.15. The summed E-state index contributed by atoms with van der Waals surface area (Å²) in [4.78, 5) is 0. The molecule has 3 aromatic carbocycles. The first-order chi connectivity index (χ1) is 17.4. The van der Waals surface area contributed by atoms with Crippen LogP contribution in [0.1, 0.15) is 70.6 Å². The number of rotatable bonds is 17. The number of benzene rings is 3. The average molecular weight is 633 g/mol. The molecule has 194 valence electrons. The minimum atomic E-state index is -1.72. The van der Waals surface area contributed by atoms with E-state index in [0.29, 0.717) is 0 Å². The highest BCUT2D eigenvalue weighted by Gasteiger charge is 2.43. The summed E-state index contributed by atoms with van der Waals surface area (Å²) in [5.41, 5.74) is 0. The predicted molar refractivity (Wildman–Crippen MR) is 169 cm³/mol. The number of hydrogen-bond acceptors (Lipinski definition) is 0. The van der Waals surface area contributed by atoms with Gasteiger partial charge in [0.25, 0.3) is 0 Å². The van der Waals surface area contributed by atoms with E-state index < -0.39 is 7.26 Å². The first-order valence-electron chi connectivity index (χ1n) is 13.6. The van der Waals surface area contributed by atoms with Gasteiger partial charge in [-0.3, -0.25) is 0 Å². The second-order valence-electron chi connectivity index (χ2n) is 9.48. The molecule has 0 aromatic heterocycles. The number of hydrogen-bond donors (Lipinski definition) is 0. The van der Waals surface area contributed by atoms with Crippen molar-refractivity contribution in [2.24, 2.45) is 0 Å². The van der Waals surface area contributed by atoms with E-state index in [1.807, 2.05) is 0 Å². The topological polar surface area (TPSA) is 0 Å². The normalized spacial score (nSPS) is 11.5. The van der Waals surface area contributed by atoms with Crippen LogP contribution in [0.5, 0.6) is 0 Å². The monoisotopic (exact) mass is 632 g/mol. The summed E-state index contributed by atoms with van der Waals surface area (Å²) in [5.74, 6) is 0. The number of allylic oxidation sites excluding steroid dienone is 2. The van der Waals surface area contributed by atoms with Gasteiger partial charge in [-0.05, 0) is 60.1 Å². The standard InChI is InChI=1S/C33H43IP.ClH/c34-29-21-10-8-6-4-2-1-3-5-7-9-11-22-30-35(31-23-15-12-16-24-31,32-25-17-13-18-26-32)33-27-19-14-20-28-33;/h11-20,22-28H,1-10,21,29-30H2;1H/q+1;/p-1. The van der Waals surface area contributed by atoms with Crippen LogP contribution in [0.25, 0.3) is 0 Å². The van der Waals surface area contributed by atoms with Crippen LogP contribution >= 0.6 is 29.9 Å². The van der Waals surface area contributed by atoms with Crippen molar-refractivity contribution in [1.82, 2.24) is 0 Å². The van der Waals surface area contributed by atoms with E-state index in [1.54, 1.807) is 0 Å². The zero-order valence-electron chi connectivity index (χ0n) is 21.7. The molecule has 0 saturated carbocycles. The lowest BCUT2D eigenvalue weighted by molar-refractivity contribution is -0.00000692. The summed E-state index contributed by atoms with van der Waals surface area (Å²) < 4.78 is 1.32. The maximum Gasteiger partial charge on any atom is 0.115 e. The molecule has 0 heterocycles. The smallest absolute Gasteiger partial charge is 0.115 e. The van der Waals surface area contributed by atoms with Crippen molar-refractivity contribution >= 4 is 45.8 Å². The molecule has 3 aromatic rings. The van der Waals surface area contributed by atoms with Gasteiger partial charge in [0.15, 0.2) is 0 Å². The molecule has 0 atom stereocenters. The first kappa shape index (κ1) is 31.1. The van der Waals surface area contributed by atoms with E-state index >= 15 is 0 Å². The molecular weight excluding hydrogens is 590 g/mol. The van der Waals surface area contributed by atoms with Gasteiger partial charge in [-0.1, -0.05) is 141 Å². The second kappa shape index (κ2) is 19.0. The van der Waals surface area contributed by atoms with Gasteiger partial charge in [0.2, 0.25) is 0 Å². The molecule has 0 amide bonds. The summed E-state index contributed by atoms with van der Waals surface area (Å²) >= 11 is 2.49. The zero-order valence-corrected chi connectivity index (χ0v) is 25.5. The number of unbranched alkanes of at least 4 members (excludes halogenated alkanes) is 10. The highest BCUT2D eigenvalue weighted by Crippen LogP contribution is 2.55. The molecule has 3 heteroatoms. The van der Waals surface area contributed by atoms with Crippen molar-refractivity contribution in [2.45, 2.75) is 70.6 Å². The molecule has 0 nitrogen and oxygen atoms in total. The minimum Gasteiger partial charge on any atom is -1.00 e. The summed E-state index contributed by atoms with van der Waals surface area (Å²) in [6.07, 6.45) is 21.3. The lowest BCUT2D eigenvalue weighted by Crippen LogP contribution is -3.00. The Morgan fingerprint density at radius 2 is 0.833 bits per heavy atom. The molecule has 3 rings (SSSR count). The Morgan fingerprint density at radius 1 is 0.472 bits per heavy atom. The van der Waals surface area contributed by atoms with Crippen LogP contribution in [0.3, 0.4) is 0 Å². The van der Waals surface area contributed by atoms with Crippen LogP contribution in [0.4, 0.5) is 0 Å². The van der Waals surface area contributed by atoms with Crippen molar-refractivity contribution in [3.05, 3.63) is 103 Å². The van der Waals surface area contributed by atoms with Crippen molar-refractivity contribution in [2.75, 3.05) is 10.6 Å². The zero-order chi connectivity index (χ0) is 24.4. The van der Waals surface area contributed by atoms with Gasteiger partial charge in [0.05, 0.1) is 6.16 Å². The van der Waals surface area contributed by atoms with E-state index in [2.05, 4.69) is 126 Å². The molecule has 0 unspecified atom stereocenters. The third-order valence-corrected chi connectivity index (χ3v) is 12.0. The van der Waals surface area contributed by atoms with Crippen molar-refractivity contribution in [3.63, 3.8) is 0 Å². The SMILES string of the molecule is ICCCCCCCCCCCCC=CC[P+](c1ccccc1)(c1ccccc1)c1ccccc1.[Cl-]. The summed E-state index contributed by atoms with van der Waals surface area (Å²) in [6, 6.07) is 33.6. The molecule has 0 aliphatic carbocycles. The van der Waals surface area contributed by atoms with Gasteiger partial charge in [-0.15, -0.1) is 0 Å². The molecular formula is C33H43ClIP. The van der Waals surface area contributed by atoms with E-state index in [-0.39, 0.29) is 12.4 Å². The molecule has 0 saturated heterocycles. The predicted octanol–water partition coefficient (Wildman–Crippen LogP) is 6.27. The molecule has 0 fully saturated rings. The lowest BCUT2D eigenvalue weighted by atomic mass is 10.1. The van der Waals surface area contributed by atoms with Gasteiger partial charge in [0.1, 0.15) is 23.2 Å². The molecule has 0 N–H and O–H groups in total. The van der Waals surface area contributed by atoms with Crippen molar-refractivity contribution < 1.29 is 12.4 Å². The van der Waals surface area contributed by atoms with Gasteiger partial charge in [-0.2, -0.15) is 0 Å². The van der Waals surface area contributed by atoms with Crippen LogP contribution in [0, 0.1) is 0 Å². The van der Waals surface area contributed by atoms with Crippen LogP contribution in [-0.4, -0.2) is 10.6 Å².